The third-order valence-corrected chi connectivity index (χ3v) is 4.56. The lowest BCUT2D eigenvalue weighted by Gasteiger charge is -2.46. The number of piperidine rings is 1. The Kier molecular flexibility index (Phi) is 3.90. The molecule has 1 saturated heterocycles. The molecule has 1 aromatic rings. The van der Waals surface area contributed by atoms with E-state index in [4.69, 9.17) is 0 Å². The second-order valence-corrected chi connectivity index (χ2v) is 6.80. The summed E-state index contributed by atoms with van der Waals surface area (Å²) in [4.78, 5) is 13.5. The number of halogens is 1. The fraction of sp³-hybridized carbons (Fsp3) is 0.533. The van der Waals surface area contributed by atoms with Crippen LogP contribution in [0, 0.1) is 12.8 Å². The van der Waals surface area contributed by atoms with Crippen LogP contribution in [0.2, 0.25) is 0 Å². The van der Waals surface area contributed by atoms with Crippen LogP contribution in [0.5, 0.6) is 0 Å². The molecule has 4 heteroatoms. The van der Waals surface area contributed by atoms with Crippen LogP contribution in [-0.4, -0.2) is 23.2 Å². The lowest BCUT2D eigenvalue weighted by Crippen LogP contribution is -2.51. The monoisotopic (exact) mass is 325 g/mol. The van der Waals surface area contributed by atoms with E-state index in [1.807, 2.05) is 0 Å². The smallest absolute Gasteiger partial charge is 0.306 e. The van der Waals surface area contributed by atoms with Crippen LogP contribution in [0.25, 0.3) is 0 Å². The van der Waals surface area contributed by atoms with Gasteiger partial charge in [0.15, 0.2) is 0 Å². The molecule has 0 radical (unpaired) electrons. The van der Waals surface area contributed by atoms with E-state index in [1.165, 1.54) is 5.56 Å². The zero-order chi connectivity index (χ0) is 14.2. The average molecular weight is 326 g/mol. The molecule has 1 N–H and O–H groups in total. The van der Waals surface area contributed by atoms with Gasteiger partial charge in [-0.05, 0) is 67.2 Å². The fourth-order valence-electron chi connectivity index (χ4n) is 2.89. The van der Waals surface area contributed by atoms with Crippen LogP contribution in [0.3, 0.4) is 0 Å². The summed E-state index contributed by atoms with van der Waals surface area (Å²) in [5, 5.41) is 9.19. The minimum Gasteiger partial charge on any atom is -0.481 e. The van der Waals surface area contributed by atoms with Crippen molar-refractivity contribution in [1.29, 1.82) is 0 Å². The van der Waals surface area contributed by atoms with Crippen molar-refractivity contribution in [2.24, 2.45) is 5.92 Å². The van der Waals surface area contributed by atoms with Crippen molar-refractivity contribution in [2.75, 3.05) is 11.4 Å². The maximum absolute atomic E-state index is 11.2. The maximum Gasteiger partial charge on any atom is 0.306 e. The SMILES string of the molecule is Cc1ccc(N2CCC(C(=O)O)CC2(C)C)c(Br)c1. The number of aryl methyl sites for hydroxylation is 1. The number of benzene rings is 1. The molecule has 0 amide bonds. The van der Waals surface area contributed by atoms with Gasteiger partial charge in [-0.15, -0.1) is 0 Å². The van der Waals surface area contributed by atoms with Crippen LogP contribution in [-0.2, 0) is 4.79 Å². The minimum atomic E-state index is -0.671. The van der Waals surface area contributed by atoms with E-state index in [1.54, 1.807) is 0 Å². The van der Waals surface area contributed by atoms with Gasteiger partial charge in [0.2, 0.25) is 0 Å². The number of carboxylic acid groups (broad SMARTS) is 1. The van der Waals surface area contributed by atoms with Gasteiger partial charge < -0.3 is 10.0 Å². The van der Waals surface area contributed by atoms with Crippen molar-refractivity contribution in [3.63, 3.8) is 0 Å². The zero-order valence-corrected chi connectivity index (χ0v) is 13.2. The Morgan fingerprint density at radius 3 is 2.68 bits per heavy atom. The second kappa shape index (κ2) is 5.16. The number of hydrogen-bond donors (Lipinski definition) is 1. The normalized spacial score (nSPS) is 22.3. The molecule has 104 valence electrons. The Morgan fingerprint density at radius 1 is 1.47 bits per heavy atom. The lowest BCUT2D eigenvalue weighted by atomic mass is 9.82. The molecular weight excluding hydrogens is 306 g/mol. The third kappa shape index (κ3) is 2.94. The van der Waals surface area contributed by atoms with Gasteiger partial charge in [0, 0.05) is 16.6 Å². The number of anilines is 1. The number of rotatable bonds is 2. The predicted octanol–water partition coefficient (Wildman–Crippen LogP) is 3.84. The van der Waals surface area contributed by atoms with Gasteiger partial charge in [0.25, 0.3) is 0 Å². The Labute approximate surface area is 122 Å². The van der Waals surface area contributed by atoms with Gasteiger partial charge in [-0.1, -0.05) is 6.07 Å². The van der Waals surface area contributed by atoms with E-state index in [-0.39, 0.29) is 11.5 Å². The van der Waals surface area contributed by atoms with Crippen molar-refractivity contribution in [3.8, 4) is 0 Å². The van der Waals surface area contributed by atoms with Crippen molar-refractivity contribution in [2.45, 2.75) is 39.2 Å². The number of carbonyl (C=O) groups is 1. The highest BCUT2D eigenvalue weighted by Crippen LogP contribution is 2.39. The lowest BCUT2D eigenvalue weighted by molar-refractivity contribution is -0.143. The number of carboxylic acids is 1. The number of aliphatic carboxylic acids is 1. The summed E-state index contributed by atoms with van der Waals surface area (Å²) < 4.78 is 1.08. The van der Waals surface area contributed by atoms with E-state index >= 15 is 0 Å². The van der Waals surface area contributed by atoms with Gasteiger partial charge in [0.05, 0.1) is 11.6 Å². The van der Waals surface area contributed by atoms with Gasteiger partial charge in [-0.2, -0.15) is 0 Å². The molecule has 0 saturated carbocycles. The summed E-state index contributed by atoms with van der Waals surface area (Å²) in [5.74, 6) is -0.897. The highest BCUT2D eigenvalue weighted by Gasteiger charge is 2.38. The summed E-state index contributed by atoms with van der Waals surface area (Å²) in [7, 11) is 0. The summed E-state index contributed by atoms with van der Waals surface area (Å²) in [6.45, 7) is 7.09. The van der Waals surface area contributed by atoms with E-state index in [0.717, 1.165) is 16.7 Å². The molecule has 1 aliphatic rings. The molecule has 0 aliphatic carbocycles. The average Bonchev–Trinajstić information content (AvgIpc) is 2.29. The molecule has 1 heterocycles. The fourth-order valence-corrected chi connectivity index (χ4v) is 3.60. The highest BCUT2D eigenvalue weighted by atomic mass is 79.9. The quantitative estimate of drug-likeness (QED) is 0.898. The van der Waals surface area contributed by atoms with Gasteiger partial charge in [-0.25, -0.2) is 0 Å². The minimum absolute atomic E-state index is 0.140. The van der Waals surface area contributed by atoms with E-state index < -0.39 is 5.97 Å². The maximum atomic E-state index is 11.2. The van der Waals surface area contributed by atoms with Gasteiger partial charge >= 0.3 is 5.97 Å². The van der Waals surface area contributed by atoms with Crippen LogP contribution in [0.1, 0.15) is 32.3 Å². The first-order chi connectivity index (χ1) is 8.81. The summed E-state index contributed by atoms with van der Waals surface area (Å²) >= 11 is 3.62. The molecular formula is C15H20BrNO2. The molecule has 0 aromatic heterocycles. The molecule has 1 aliphatic heterocycles. The molecule has 1 unspecified atom stereocenters. The van der Waals surface area contributed by atoms with Crippen LogP contribution >= 0.6 is 15.9 Å². The molecule has 19 heavy (non-hydrogen) atoms. The Balaban J connectivity index is 2.28. The standard InChI is InChI=1S/C15H20BrNO2/c1-10-4-5-13(12(16)8-10)17-7-6-11(14(18)19)9-15(17,2)3/h4-5,8,11H,6-7,9H2,1-3H3,(H,18,19). The summed E-state index contributed by atoms with van der Waals surface area (Å²) in [6, 6.07) is 6.32. The third-order valence-electron chi connectivity index (χ3n) is 3.92. The Morgan fingerprint density at radius 2 is 2.16 bits per heavy atom. The summed E-state index contributed by atoms with van der Waals surface area (Å²) in [6.07, 6.45) is 1.39. The van der Waals surface area contributed by atoms with E-state index in [0.29, 0.717) is 12.8 Å². The zero-order valence-electron chi connectivity index (χ0n) is 11.6. The van der Waals surface area contributed by atoms with Crippen molar-refractivity contribution >= 4 is 27.6 Å². The molecule has 3 nitrogen and oxygen atoms in total. The Hall–Kier alpha value is -1.03. The molecule has 1 atom stereocenters. The summed E-state index contributed by atoms with van der Waals surface area (Å²) in [5.41, 5.74) is 2.23. The predicted molar refractivity (Wildman–Crippen MR) is 80.7 cm³/mol. The van der Waals surface area contributed by atoms with Gasteiger partial charge in [-0.3, -0.25) is 4.79 Å². The second-order valence-electron chi connectivity index (χ2n) is 5.95. The molecule has 1 aromatic carbocycles. The topological polar surface area (TPSA) is 40.5 Å². The Bertz CT molecular complexity index is 499. The molecule has 0 bridgehead atoms. The first-order valence-electron chi connectivity index (χ1n) is 6.58. The van der Waals surface area contributed by atoms with Crippen LogP contribution in [0.15, 0.2) is 22.7 Å². The number of nitrogens with zero attached hydrogens (tertiary/aromatic N) is 1. The van der Waals surface area contributed by atoms with Crippen molar-refractivity contribution < 1.29 is 9.90 Å². The largest absolute Gasteiger partial charge is 0.481 e. The molecule has 2 rings (SSSR count). The molecule has 1 fully saturated rings. The van der Waals surface area contributed by atoms with Crippen LogP contribution < -0.4 is 4.90 Å². The van der Waals surface area contributed by atoms with Crippen LogP contribution in [0.4, 0.5) is 5.69 Å². The van der Waals surface area contributed by atoms with Crippen molar-refractivity contribution in [3.05, 3.63) is 28.2 Å². The first-order valence-corrected chi connectivity index (χ1v) is 7.37. The van der Waals surface area contributed by atoms with Gasteiger partial charge in [0.1, 0.15) is 0 Å². The number of hydrogen-bond acceptors (Lipinski definition) is 2. The van der Waals surface area contributed by atoms with Crippen molar-refractivity contribution in [1.82, 2.24) is 0 Å². The first kappa shape index (κ1) is 14.4. The van der Waals surface area contributed by atoms with E-state index in [2.05, 4.69) is 59.8 Å². The molecule has 0 spiro atoms. The van der Waals surface area contributed by atoms with E-state index in [9.17, 15) is 9.90 Å². The highest BCUT2D eigenvalue weighted by molar-refractivity contribution is 9.10.